The van der Waals surface area contributed by atoms with Crippen molar-refractivity contribution in [2.24, 2.45) is 0 Å². The van der Waals surface area contributed by atoms with Gasteiger partial charge in [-0.3, -0.25) is 0 Å². The molecule has 0 saturated heterocycles. The Morgan fingerprint density at radius 3 is 2.80 bits per heavy atom. The maximum absolute atomic E-state index is 12.6. The van der Waals surface area contributed by atoms with Crippen molar-refractivity contribution in [2.45, 2.75) is 5.03 Å². The van der Waals surface area contributed by atoms with Crippen LogP contribution in [0, 0.1) is 5.82 Å². The van der Waals surface area contributed by atoms with Crippen LogP contribution in [0.15, 0.2) is 17.2 Å². The van der Waals surface area contributed by atoms with Gasteiger partial charge in [0, 0.05) is 0 Å². The van der Waals surface area contributed by atoms with Gasteiger partial charge in [0.15, 0.2) is 5.82 Å². The predicted octanol–water partition coefficient (Wildman–Crippen LogP) is 2.60. The molecule has 1 aromatic heterocycles. The van der Waals surface area contributed by atoms with Gasteiger partial charge in [0.1, 0.15) is 10.2 Å². The molecule has 0 aliphatic heterocycles. The average Bonchev–Trinajstić information content (AvgIpc) is 1.94. The Kier molecular flexibility index (Phi) is 2.51. The summed E-state index contributed by atoms with van der Waals surface area (Å²) in [7, 11) is 0. The van der Waals surface area contributed by atoms with Gasteiger partial charge in [-0.05, 0) is 18.4 Å². The van der Waals surface area contributed by atoms with Crippen LogP contribution in [0.25, 0.3) is 0 Å². The number of aromatic nitrogens is 1. The van der Waals surface area contributed by atoms with E-state index in [1.54, 1.807) is 6.26 Å². The molecule has 0 N–H and O–H groups in total. The third kappa shape index (κ3) is 1.61. The Balaban J connectivity index is 3.09. The molecule has 4 heteroatoms. The predicted molar refractivity (Wildman–Crippen MR) is 41.0 cm³/mol. The first-order valence-electron chi connectivity index (χ1n) is 2.60. The molecule has 0 aromatic carbocycles. The van der Waals surface area contributed by atoms with E-state index in [4.69, 9.17) is 11.6 Å². The van der Waals surface area contributed by atoms with Crippen LogP contribution in [0.4, 0.5) is 4.39 Å². The van der Waals surface area contributed by atoms with Crippen LogP contribution in [0.2, 0.25) is 5.15 Å². The number of rotatable bonds is 1. The van der Waals surface area contributed by atoms with Crippen molar-refractivity contribution in [3.63, 3.8) is 0 Å². The second-order valence-corrected chi connectivity index (χ2v) is 2.81. The van der Waals surface area contributed by atoms with Crippen molar-refractivity contribution in [2.75, 3.05) is 6.26 Å². The monoisotopic (exact) mass is 177 g/mol. The van der Waals surface area contributed by atoms with Crippen LogP contribution in [0.5, 0.6) is 0 Å². The van der Waals surface area contributed by atoms with E-state index in [9.17, 15) is 4.39 Å². The van der Waals surface area contributed by atoms with Gasteiger partial charge in [0.05, 0.1) is 0 Å². The maximum atomic E-state index is 12.6. The van der Waals surface area contributed by atoms with Crippen LogP contribution in [-0.4, -0.2) is 11.2 Å². The summed E-state index contributed by atoms with van der Waals surface area (Å²) in [5.74, 6) is -0.322. The summed E-state index contributed by atoms with van der Waals surface area (Å²) in [5, 5.41) is 0.665. The fourth-order valence-electron chi connectivity index (χ4n) is 0.544. The molecule has 0 spiro atoms. The molecular weight excluding hydrogens is 173 g/mol. The number of nitrogens with zero attached hydrogens (tertiary/aromatic N) is 1. The van der Waals surface area contributed by atoms with Gasteiger partial charge in [0.25, 0.3) is 0 Å². The minimum Gasteiger partial charge on any atom is -0.227 e. The molecular formula is C6H5ClFNS. The van der Waals surface area contributed by atoms with Gasteiger partial charge >= 0.3 is 0 Å². The Bertz CT molecular complexity index is 241. The van der Waals surface area contributed by atoms with Crippen molar-refractivity contribution < 1.29 is 4.39 Å². The highest BCUT2D eigenvalue weighted by Crippen LogP contribution is 2.18. The zero-order chi connectivity index (χ0) is 7.56. The van der Waals surface area contributed by atoms with E-state index in [1.165, 1.54) is 23.9 Å². The van der Waals surface area contributed by atoms with Gasteiger partial charge in [-0.2, -0.15) is 0 Å². The molecule has 54 valence electrons. The number of halogens is 2. The molecule has 0 unspecified atom stereocenters. The van der Waals surface area contributed by atoms with E-state index >= 15 is 0 Å². The zero-order valence-electron chi connectivity index (χ0n) is 5.27. The molecule has 0 fully saturated rings. The normalized spacial score (nSPS) is 9.90. The van der Waals surface area contributed by atoms with Crippen molar-refractivity contribution in [3.05, 3.63) is 23.1 Å². The van der Waals surface area contributed by atoms with Crippen LogP contribution in [0.1, 0.15) is 0 Å². The van der Waals surface area contributed by atoms with E-state index in [0.717, 1.165) is 0 Å². The summed E-state index contributed by atoms with van der Waals surface area (Å²) in [6, 6.07) is 2.73. The van der Waals surface area contributed by atoms with Gasteiger partial charge in [-0.25, -0.2) is 9.37 Å². The third-order valence-corrected chi connectivity index (χ3v) is 1.86. The summed E-state index contributed by atoms with van der Waals surface area (Å²) in [4.78, 5) is 3.74. The first-order chi connectivity index (χ1) is 4.74. The molecule has 1 rings (SSSR count). The van der Waals surface area contributed by atoms with Crippen LogP contribution in [0.3, 0.4) is 0 Å². The van der Waals surface area contributed by atoms with Crippen LogP contribution < -0.4 is 0 Å². The lowest BCUT2D eigenvalue weighted by Gasteiger charge is -1.96. The second-order valence-electron chi connectivity index (χ2n) is 1.63. The third-order valence-electron chi connectivity index (χ3n) is 0.973. The number of pyridine rings is 1. The number of hydrogen-bond acceptors (Lipinski definition) is 2. The van der Waals surface area contributed by atoms with Crippen molar-refractivity contribution in [1.82, 2.24) is 4.98 Å². The highest BCUT2D eigenvalue weighted by atomic mass is 35.5. The lowest BCUT2D eigenvalue weighted by atomic mass is 10.5. The number of hydrogen-bond donors (Lipinski definition) is 0. The largest absolute Gasteiger partial charge is 0.227 e. The maximum Gasteiger partial charge on any atom is 0.155 e. The standard InChI is InChI=1S/C6H5ClFNS/c1-10-6-4(8)2-3-5(7)9-6/h2-3H,1H3. The number of thioether (sulfide) groups is 1. The van der Waals surface area contributed by atoms with Crippen molar-refractivity contribution >= 4 is 23.4 Å². The molecule has 0 saturated carbocycles. The highest BCUT2D eigenvalue weighted by molar-refractivity contribution is 7.98. The first-order valence-corrected chi connectivity index (χ1v) is 4.20. The van der Waals surface area contributed by atoms with Crippen LogP contribution in [-0.2, 0) is 0 Å². The second kappa shape index (κ2) is 3.21. The lowest BCUT2D eigenvalue weighted by Crippen LogP contribution is -1.84. The van der Waals surface area contributed by atoms with E-state index in [-0.39, 0.29) is 5.82 Å². The van der Waals surface area contributed by atoms with Gasteiger partial charge < -0.3 is 0 Å². The lowest BCUT2D eigenvalue weighted by molar-refractivity contribution is 0.588. The summed E-state index contributed by atoms with van der Waals surface area (Å²) >= 11 is 6.74. The smallest absolute Gasteiger partial charge is 0.155 e. The minimum atomic E-state index is -0.322. The Hall–Kier alpha value is -0.280. The SMILES string of the molecule is CSc1nc(Cl)ccc1F. The van der Waals surface area contributed by atoms with E-state index < -0.39 is 0 Å². The highest BCUT2D eigenvalue weighted by Gasteiger charge is 2.01. The van der Waals surface area contributed by atoms with E-state index in [0.29, 0.717) is 10.2 Å². The molecule has 0 radical (unpaired) electrons. The summed E-state index contributed by atoms with van der Waals surface area (Å²) in [5.41, 5.74) is 0. The molecule has 0 atom stereocenters. The molecule has 10 heavy (non-hydrogen) atoms. The molecule has 0 bridgehead atoms. The van der Waals surface area contributed by atoms with E-state index in [2.05, 4.69) is 4.98 Å². The summed E-state index contributed by atoms with van der Waals surface area (Å²) in [6.07, 6.45) is 1.75. The van der Waals surface area contributed by atoms with Crippen molar-refractivity contribution in [3.8, 4) is 0 Å². The molecule has 1 heterocycles. The van der Waals surface area contributed by atoms with Gasteiger partial charge in [0.2, 0.25) is 0 Å². The Morgan fingerprint density at radius 2 is 2.30 bits per heavy atom. The molecule has 0 amide bonds. The fourth-order valence-corrected chi connectivity index (χ4v) is 1.19. The van der Waals surface area contributed by atoms with E-state index in [1.807, 2.05) is 0 Å². The fraction of sp³-hybridized carbons (Fsp3) is 0.167. The van der Waals surface area contributed by atoms with Crippen LogP contribution >= 0.6 is 23.4 Å². The molecule has 0 aliphatic carbocycles. The topological polar surface area (TPSA) is 12.9 Å². The first kappa shape index (κ1) is 7.82. The average molecular weight is 178 g/mol. The minimum absolute atomic E-state index is 0.322. The molecule has 0 aliphatic rings. The molecule has 1 nitrogen and oxygen atoms in total. The molecule has 1 aromatic rings. The summed E-state index contributed by atoms with van der Waals surface area (Å²) in [6.45, 7) is 0. The van der Waals surface area contributed by atoms with Gasteiger partial charge in [-0.15, -0.1) is 11.8 Å². The summed E-state index contributed by atoms with van der Waals surface area (Å²) < 4.78 is 12.6. The zero-order valence-corrected chi connectivity index (χ0v) is 6.84. The Morgan fingerprint density at radius 1 is 1.60 bits per heavy atom. The Labute approximate surface area is 67.6 Å². The van der Waals surface area contributed by atoms with Gasteiger partial charge in [-0.1, -0.05) is 11.6 Å². The van der Waals surface area contributed by atoms with Crippen molar-refractivity contribution in [1.29, 1.82) is 0 Å². The quantitative estimate of drug-likeness (QED) is 0.483.